The maximum Gasteiger partial charge on any atom is 0.227 e. The number of amides is 1. The van der Waals surface area contributed by atoms with Crippen molar-refractivity contribution < 1.29 is 4.79 Å². The van der Waals surface area contributed by atoms with Gasteiger partial charge < -0.3 is 5.32 Å². The Bertz CT molecular complexity index is 163. The lowest BCUT2D eigenvalue weighted by Crippen LogP contribution is -2.30. The van der Waals surface area contributed by atoms with Crippen molar-refractivity contribution in [2.45, 2.75) is 40.0 Å². The van der Waals surface area contributed by atoms with Crippen molar-refractivity contribution in [2.24, 2.45) is 11.8 Å². The lowest BCUT2D eigenvalue weighted by molar-refractivity contribution is -0.125. The van der Waals surface area contributed by atoms with Crippen LogP contribution in [-0.4, -0.2) is 5.91 Å². The van der Waals surface area contributed by atoms with Crippen LogP contribution in [0.25, 0.3) is 0 Å². The van der Waals surface area contributed by atoms with Gasteiger partial charge in [-0.2, -0.15) is 0 Å². The molecule has 2 nitrogen and oxygen atoms in total. The van der Waals surface area contributed by atoms with Gasteiger partial charge in [0.05, 0.1) is 0 Å². The van der Waals surface area contributed by atoms with E-state index in [2.05, 4.69) is 32.7 Å². The van der Waals surface area contributed by atoms with Gasteiger partial charge in [0, 0.05) is 5.92 Å². The summed E-state index contributed by atoms with van der Waals surface area (Å²) in [5.41, 5.74) is 0. The Labute approximate surface area is 81.4 Å². The van der Waals surface area contributed by atoms with E-state index in [9.17, 15) is 4.79 Å². The average Bonchev–Trinajstić information content (AvgIpc) is 2.05. The highest BCUT2D eigenvalue weighted by atomic mass is 16.1. The summed E-state index contributed by atoms with van der Waals surface area (Å²) >= 11 is 0. The quantitative estimate of drug-likeness (QED) is 0.674. The molecule has 0 aliphatic rings. The number of rotatable bonds is 6. The summed E-state index contributed by atoms with van der Waals surface area (Å²) < 4.78 is 0. The molecular formula is C11H21NO. The first-order chi connectivity index (χ1) is 6.13. The van der Waals surface area contributed by atoms with E-state index < -0.39 is 0 Å². The van der Waals surface area contributed by atoms with Crippen LogP contribution in [0.5, 0.6) is 0 Å². The van der Waals surface area contributed by atoms with Gasteiger partial charge in [-0.15, -0.1) is 0 Å². The van der Waals surface area contributed by atoms with E-state index in [4.69, 9.17) is 0 Å². The van der Waals surface area contributed by atoms with Crippen LogP contribution in [0.1, 0.15) is 40.0 Å². The second kappa shape index (κ2) is 6.70. The molecule has 1 amide bonds. The second-order valence-corrected chi connectivity index (χ2v) is 3.71. The highest BCUT2D eigenvalue weighted by Crippen LogP contribution is 2.18. The fourth-order valence-electron chi connectivity index (χ4n) is 1.40. The fraction of sp³-hybridized carbons (Fsp3) is 0.727. The van der Waals surface area contributed by atoms with Crippen LogP contribution in [0.15, 0.2) is 12.8 Å². The van der Waals surface area contributed by atoms with E-state index in [1.807, 2.05) is 0 Å². The maximum atomic E-state index is 11.5. The minimum Gasteiger partial charge on any atom is -0.333 e. The van der Waals surface area contributed by atoms with Gasteiger partial charge in [0.15, 0.2) is 0 Å². The van der Waals surface area contributed by atoms with Crippen molar-refractivity contribution in [1.29, 1.82) is 0 Å². The van der Waals surface area contributed by atoms with Crippen LogP contribution in [0.2, 0.25) is 0 Å². The molecule has 0 aliphatic carbocycles. The number of unbranched alkanes of at least 4 members (excludes halogenated alkanes) is 1. The summed E-state index contributed by atoms with van der Waals surface area (Å²) in [6.45, 7) is 9.80. The monoisotopic (exact) mass is 183 g/mol. The van der Waals surface area contributed by atoms with Crippen LogP contribution in [0, 0.1) is 11.8 Å². The van der Waals surface area contributed by atoms with Crippen molar-refractivity contribution in [3.8, 4) is 0 Å². The van der Waals surface area contributed by atoms with E-state index in [0.29, 0.717) is 5.92 Å². The van der Waals surface area contributed by atoms with Crippen LogP contribution < -0.4 is 5.32 Å². The molecule has 1 unspecified atom stereocenters. The lowest BCUT2D eigenvalue weighted by atomic mass is 9.90. The Morgan fingerprint density at radius 1 is 1.54 bits per heavy atom. The number of carbonyl (C=O) groups is 1. The van der Waals surface area contributed by atoms with Gasteiger partial charge >= 0.3 is 0 Å². The highest BCUT2D eigenvalue weighted by molar-refractivity contribution is 5.79. The zero-order valence-electron chi connectivity index (χ0n) is 8.97. The molecule has 1 N–H and O–H groups in total. The number of carbonyl (C=O) groups excluding carboxylic acids is 1. The Balaban J connectivity index is 4.06. The van der Waals surface area contributed by atoms with Crippen LogP contribution in [-0.2, 0) is 4.79 Å². The Morgan fingerprint density at radius 2 is 2.15 bits per heavy atom. The molecule has 0 aromatic heterocycles. The first-order valence-corrected chi connectivity index (χ1v) is 5.04. The predicted octanol–water partition coefficient (Wildman–Crippen LogP) is 2.71. The molecule has 2 heteroatoms. The van der Waals surface area contributed by atoms with Gasteiger partial charge in [0.2, 0.25) is 5.91 Å². The summed E-state index contributed by atoms with van der Waals surface area (Å²) in [6, 6.07) is 0. The smallest absolute Gasteiger partial charge is 0.227 e. The summed E-state index contributed by atoms with van der Waals surface area (Å²) in [5, 5.41) is 2.66. The Hall–Kier alpha value is -0.790. The van der Waals surface area contributed by atoms with Crippen molar-refractivity contribution in [3.05, 3.63) is 12.8 Å². The summed E-state index contributed by atoms with van der Waals surface area (Å²) in [6.07, 6.45) is 4.70. The molecule has 0 radical (unpaired) electrons. The SMILES string of the molecule is C=CNC(=O)C(CCCC)C(C)C. The largest absolute Gasteiger partial charge is 0.333 e. The Morgan fingerprint density at radius 3 is 2.54 bits per heavy atom. The van der Waals surface area contributed by atoms with Gasteiger partial charge in [-0.05, 0) is 18.5 Å². The highest BCUT2D eigenvalue weighted by Gasteiger charge is 2.20. The zero-order chi connectivity index (χ0) is 10.3. The van der Waals surface area contributed by atoms with E-state index in [1.54, 1.807) is 0 Å². The van der Waals surface area contributed by atoms with Crippen LogP contribution >= 0.6 is 0 Å². The first kappa shape index (κ1) is 12.2. The molecule has 0 fully saturated rings. The molecule has 0 aliphatic heterocycles. The molecule has 0 saturated heterocycles. The van der Waals surface area contributed by atoms with Crippen molar-refractivity contribution >= 4 is 5.91 Å². The predicted molar refractivity (Wildman–Crippen MR) is 56.2 cm³/mol. The molecule has 0 heterocycles. The summed E-state index contributed by atoms with van der Waals surface area (Å²) in [7, 11) is 0. The van der Waals surface area contributed by atoms with Gasteiger partial charge in [-0.3, -0.25) is 4.79 Å². The fourth-order valence-corrected chi connectivity index (χ4v) is 1.40. The molecule has 1 atom stereocenters. The molecule has 0 rings (SSSR count). The van der Waals surface area contributed by atoms with Crippen molar-refractivity contribution in [3.63, 3.8) is 0 Å². The maximum absolute atomic E-state index is 11.5. The van der Waals surface area contributed by atoms with Gasteiger partial charge in [0.1, 0.15) is 0 Å². The third kappa shape index (κ3) is 4.71. The van der Waals surface area contributed by atoms with Gasteiger partial charge in [-0.25, -0.2) is 0 Å². The van der Waals surface area contributed by atoms with Gasteiger partial charge in [0.25, 0.3) is 0 Å². The first-order valence-electron chi connectivity index (χ1n) is 5.04. The number of hydrogen-bond acceptors (Lipinski definition) is 1. The van der Waals surface area contributed by atoms with E-state index in [0.717, 1.165) is 19.3 Å². The number of hydrogen-bond donors (Lipinski definition) is 1. The second-order valence-electron chi connectivity index (χ2n) is 3.71. The van der Waals surface area contributed by atoms with Gasteiger partial charge in [-0.1, -0.05) is 40.2 Å². The summed E-state index contributed by atoms with van der Waals surface area (Å²) in [4.78, 5) is 11.5. The topological polar surface area (TPSA) is 29.1 Å². The molecular weight excluding hydrogens is 162 g/mol. The normalized spacial score (nSPS) is 12.6. The van der Waals surface area contributed by atoms with Crippen molar-refractivity contribution in [1.82, 2.24) is 5.32 Å². The lowest BCUT2D eigenvalue weighted by Gasteiger charge is -2.18. The minimum absolute atomic E-state index is 0.110. The molecule has 0 bridgehead atoms. The molecule has 0 saturated carbocycles. The third-order valence-corrected chi connectivity index (χ3v) is 2.25. The van der Waals surface area contributed by atoms with Crippen molar-refractivity contribution in [2.75, 3.05) is 0 Å². The van der Waals surface area contributed by atoms with Crippen LogP contribution in [0.4, 0.5) is 0 Å². The van der Waals surface area contributed by atoms with E-state index in [1.165, 1.54) is 6.20 Å². The third-order valence-electron chi connectivity index (χ3n) is 2.25. The van der Waals surface area contributed by atoms with E-state index in [-0.39, 0.29) is 11.8 Å². The van der Waals surface area contributed by atoms with Crippen LogP contribution in [0.3, 0.4) is 0 Å². The standard InChI is InChI=1S/C11H21NO/c1-5-7-8-10(9(3)4)11(13)12-6-2/h6,9-10H,2,5,7-8H2,1,3-4H3,(H,12,13). The minimum atomic E-state index is 0.110. The molecule has 0 aromatic rings. The van der Waals surface area contributed by atoms with E-state index >= 15 is 0 Å². The molecule has 13 heavy (non-hydrogen) atoms. The zero-order valence-corrected chi connectivity index (χ0v) is 8.97. The Kier molecular flexibility index (Phi) is 6.29. The molecule has 0 aromatic carbocycles. The summed E-state index contributed by atoms with van der Waals surface area (Å²) in [5.74, 6) is 0.655. The number of nitrogens with one attached hydrogen (secondary N) is 1. The molecule has 0 spiro atoms. The average molecular weight is 183 g/mol. The molecule has 76 valence electrons.